The monoisotopic (exact) mass is 345 g/mol. The van der Waals surface area contributed by atoms with Gasteiger partial charge in [0.05, 0.1) is 6.04 Å². The molecule has 23 heavy (non-hydrogen) atoms. The maximum Gasteiger partial charge on any atom is 0.237 e. The molecule has 0 spiro atoms. The Morgan fingerprint density at radius 1 is 1.13 bits per heavy atom. The molecule has 0 aromatic rings. The maximum absolute atomic E-state index is 12.1. The van der Waals surface area contributed by atoms with Crippen molar-refractivity contribution in [2.24, 2.45) is 11.8 Å². The fraction of sp³-hybridized carbons (Fsp3) is 0.941. The number of nitrogens with one attached hydrogen (secondary N) is 2. The fourth-order valence-electron chi connectivity index (χ4n) is 4.05. The molecule has 6 heteroatoms. The minimum Gasteiger partial charge on any atom is -0.381 e. The van der Waals surface area contributed by atoms with Gasteiger partial charge in [-0.25, -0.2) is 0 Å². The largest absolute Gasteiger partial charge is 0.381 e. The Morgan fingerprint density at radius 2 is 1.96 bits per heavy atom. The van der Waals surface area contributed by atoms with Gasteiger partial charge < -0.3 is 20.3 Å². The summed E-state index contributed by atoms with van der Waals surface area (Å²) < 4.78 is 5.45. The number of carbonyl (C=O) groups excluding carboxylic acids is 1. The van der Waals surface area contributed by atoms with Crippen LogP contribution in [0.5, 0.6) is 0 Å². The Hall–Kier alpha value is -0.360. The van der Waals surface area contributed by atoms with Crippen LogP contribution in [-0.2, 0) is 9.53 Å². The van der Waals surface area contributed by atoms with E-state index in [2.05, 4.69) is 15.5 Å². The second-order valence-electron chi connectivity index (χ2n) is 7.22. The van der Waals surface area contributed by atoms with Crippen LogP contribution >= 0.6 is 12.4 Å². The molecular weight excluding hydrogens is 314 g/mol. The van der Waals surface area contributed by atoms with E-state index in [1.807, 2.05) is 0 Å². The Balaban J connectivity index is 0.00000192. The van der Waals surface area contributed by atoms with Crippen LogP contribution in [-0.4, -0.2) is 62.8 Å². The third-order valence-electron chi connectivity index (χ3n) is 5.40. The normalized spacial score (nSPS) is 29.9. The summed E-state index contributed by atoms with van der Waals surface area (Å²) in [7, 11) is 0. The van der Waals surface area contributed by atoms with Crippen molar-refractivity contribution < 1.29 is 9.53 Å². The van der Waals surface area contributed by atoms with Crippen molar-refractivity contribution in [3.8, 4) is 0 Å². The molecule has 2 atom stereocenters. The highest BCUT2D eigenvalue weighted by Crippen LogP contribution is 2.21. The smallest absolute Gasteiger partial charge is 0.237 e. The summed E-state index contributed by atoms with van der Waals surface area (Å²) in [5.41, 5.74) is 0. The summed E-state index contributed by atoms with van der Waals surface area (Å²) in [6.07, 6.45) is 7.07. The number of nitrogens with zero attached hydrogens (tertiary/aromatic N) is 1. The van der Waals surface area contributed by atoms with Crippen LogP contribution in [0, 0.1) is 11.8 Å². The zero-order valence-electron chi connectivity index (χ0n) is 14.1. The van der Waals surface area contributed by atoms with Crippen molar-refractivity contribution in [2.75, 3.05) is 45.9 Å². The summed E-state index contributed by atoms with van der Waals surface area (Å²) in [6.45, 7) is 7.31. The number of amides is 1. The summed E-state index contributed by atoms with van der Waals surface area (Å²) >= 11 is 0. The quantitative estimate of drug-likeness (QED) is 0.791. The van der Waals surface area contributed by atoms with Gasteiger partial charge in [-0.1, -0.05) is 0 Å². The second kappa shape index (κ2) is 9.82. The third kappa shape index (κ3) is 5.89. The lowest BCUT2D eigenvalue weighted by molar-refractivity contribution is -0.123. The van der Waals surface area contributed by atoms with Crippen LogP contribution in [0.3, 0.4) is 0 Å². The molecule has 3 aliphatic heterocycles. The number of hydrogen-bond donors (Lipinski definition) is 2. The van der Waals surface area contributed by atoms with E-state index >= 15 is 0 Å². The zero-order valence-corrected chi connectivity index (χ0v) is 14.9. The fourth-order valence-corrected chi connectivity index (χ4v) is 4.05. The van der Waals surface area contributed by atoms with Crippen LogP contribution in [0.25, 0.3) is 0 Å². The summed E-state index contributed by atoms with van der Waals surface area (Å²) in [6, 6.07) is 0.0573. The topological polar surface area (TPSA) is 53.6 Å². The van der Waals surface area contributed by atoms with Crippen molar-refractivity contribution in [2.45, 2.75) is 44.6 Å². The van der Waals surface area contributed by atoms with Crippen LogP contribution < -0.4 is 10.6 Å². The summed E-state index contributed by atoms with van der Waals surface area (Å²) in [4.78, 5) is 14.7. The molecule has 3 rings (SSSR count). The number of ether oxygens (including phenoxy) is 1. The van der Waals surface area contributed by atoms with Gasteiger partial charge in [0.15, 0.2) is 0 Å². The Bertz CT molecular complexity index is 358. The standard InChI is InChI=1S/C17H31N3O2.ClH/c21-17(16-4-1-7-18-16)19-11-15-3-2-8-20(13-15)12-14-5-9-22-10-6-14;/h14-16,18H,1-13H2,(H,19,21);1H. The Labute approximate surface area is 146 Å². The molecule has 3 aliphatic rings. The molecule has 0 radical (unpaired) electrons. The molecule has 3 heterocycles. The molecular formula is C17H32ClN3O2. The van der Waals surface area contributed by atoms with Crippen LogP contribution in [0.2, 0.25) is 0 Å². The van der Waals surface area contributed by atoms with Crippen molar-refractivity contribution in [3.05, 3.63) is 0 Å². The molecule has 5 nitrogen and oxygen atoms in total. The summed E-state index contributed by atoms with van der Waals surface area (Å²) in [5, 5.41) is 6.44. The van der Waals surface area contributed by atoms with Gasteiger partial charge in [0.25, 0.3) is 0 Å². The molecule has 0 saturated carbocycles. The molecule has 3 saturated heterocycles. The average molecular weight is 346 g/mol. The van der Waals surface area contributed by atoms with Crippen LogP contribution in [0.15, 0.2) is 0 Å². The molecule has 3 fully saturated rings. The Morgan fingerprint density at radius 3 is 2.70 bits per heavy atom. The van der Waals surface area contributed by atoms with Gasteiger partial charge in [0.1, 0.15) is 0 Å². The lowest BCUT2D eigenvalue weighted by atomic mass is 9.94. The van der Waals surface area contributed by atoms with E-state index in [0.717, 1.165) is 51.6 Å². The molecule has 0 aromatic carbocycles. The number of halogens is 1. The second-order valence-corrected chi connectivity index (χ2v) is 7.22. The first-order valence-electron chi connectivity index (χ1n) is 9.12. The predicted octanol–water partition coefficient (Wildman–Crippen LogP) is 1.42. The first-order chi connectivity index (χ1) is 10.8. The number of piperidine rings is 1. The lowest BCUT2D eigenvalue weighted by Gasteiger charge is -2.36. The van der Waals surface area contributed by atoms with Gasteiger partial charge in [-0.2, -0.15) is 0 Å². The van der Waals surface area contributed by atoms with Gasteiger partial charge in [-0.05, 0) is 63.5 Å². The lowest BCUT2D eigenvalue weighted by Crippen LogP contribution is -2.46. The van der Waals surface area contributed by atoms with Gasteiger partial charge in [0, 0.05) is 32.8 Å². The van der Waals surface area contributed by atoms with Crippen molar-refractivity contribution in [3.63, 3.8) is 0 Å². The van der Waals surface area contributed by atoms with E-state index in [1.54, 1.807) is 0 Å². The highest BCUT2D eigenvalue weighted by molar-refractivity contribution is 5.85. The number of rotatable bonds is 5. The van der Waals surface area contributed by atoms with Crippen LogP contribution in [0.1, 0.15) is 38.5 Å². The van der Waals surface area contributed by atoms with E-state index in [9.17, 15) is 4.79 Å². The number of likely N-dealkylation sites (tertiary alicyclic amines) is 1. The molecule has 134 valence electrons. The summed E-state index contributed by atoms with van der Waals surface area (Å²) in [5.74, 6) is 1.64. The van der Waals surface area contributed by atoms with Gasteiger partial charge in [0.2, 0.25) is 5.91 Å². The third-order valence-corrected chi connectivity index (χ3v) is 5.40. The minimum atomic E-state index is 0. The van der Waals surface area contributed by atoms with Crippen LogP contribution in [0.4, 0.5) is 0 Å². The van der Waals surface area contributed by atoms with E-state index in [0.29, 0.717) is 5.92 Å². The highest BCUT2D eigenvalue weighted by atomic mass is 35.5. The van der Waals surface area contributed by atoms with Gasteiger partial charge in [-0.15, -0.1) is 12.4 Å². The SMILES string of the molecule is Cl.O=C(NCC1CCCN(CC2CCOCC2)C1)C1CCCN1. The Kier molecular flexibility index (Phi) is 8.10. The van der Waals surface area contributed by atoms with Crippen molar-refractivity contribution in [1.29, 1.82) is 0 Å². The number of carbonyl (C=O) groups is 1. The predicted molar refractivity (Wildman–Crippen MR) is 94.0 cm³/mol. The van der Waals surface area contributed by atoms with E-state index in [-0.39, 0.29) is 24.4 Å². The number of hydrogen-bond acceptors (Lipinski definition) is 4. The van der Waals surface area contributed by atoms with E-state index in [1.165, 1.54) is 38.8 Å². The molecule has 2 N–H and O–H groups in total. The van der Waals surface area contributed by atoms with Crippen molar-refractivity contribution in [1.82, 2.24) is 15.5 Å². The first kappa shape index (κ1) is 19.0. The molecule has 0 aliphatic carbocycles. The highest BCUT2D eigenvalue weighted by Gasteiger charge is 2.26. The molecule has 0 bridgehead atoms. The molecule has 2 unspecified atom stereocenters. The maximum atomic E-state index is 12.1. The minimum absolute atomic E-state index is 0. The van der Waals surface area contributed by atoms with Crippen molar-refractivity contribution >= 4 is 18.3 Å². The molecule has 1 amide bonds. The van der Waals surface area contributed by atoms with E-state index < -0.39 is 0 Å². The first-order valence-corrected chi connectivity index (χ1v) is 9.12. The van der Waals surface area contributed by atoms with E-state index in [4.69, 9.17) is 4.74 Å². The average Bonchev–Trinajstić information content (AvgIpc) is 3.08. The van der Waals surface area contributed by atoms with Gasteiger partial charge in [-0.3, -0.25) is 4.79 Å². The molecule has 0 aromatic heterocycles. The van der Waals surface area contributed by atoms with Gasteiger partial charge >= 0.3 is 0 Å². The zero-order chi connectivity index (χ0) is 15.2.